The van der Waals surface area contributed by atoms with Crippen molar-refractivity contribution in [3.8, 4) is 5.75 Å². The molecule has 1 aromatic carbocycles. The number of hydrogen-bond acceptors (Lipinski definition) is 8. The molecule has 1 aromatic rings. The van der Waals surface area contributed by atoms with E-state index in [2.05, 4.69) is 11.9 Å². The Morgan fingerprint density at radius 1 is 0.920 bits per heavy atom. The number of nitro groups is 3. The average molecular weight is 398 g/mol. The summed E-state index contributed by atoms with van der Waals surface area (Å²) in [5.74, 6) is -0.00796. The number of nitrogens with zero attached hydrogens (tertiary/aromatic N) is 4. The molecule has 1 rings (SSSR count). The molecule has 0 aromatic heterocycles. The highest BCUT2D eigenvalue weighted by atomic mass is 35.5. The van der Waals surface area contributed by atoms with Gasteiger partial charge in [0.15, 0.2) is 0 Å². The van der Waals surface area contributed by atoms with E-state index in [1.807, 2.05) is 0 Å². The van der Waals surface area contributed by atoms with Crippen LogP contribution in [0.1, 0.15) is 6.42 Å². The van der Waals surface area contributed by atoms with Crippen LogP contribution in [0.5, 0.6) is 5.75 Å². The molecule has 0 atom stereocenters. The first-order valence-electron chi connectivity index (χ1n) is 6.74. The molecule has 0 aliphatic carbocycles. The molecule has 0 N–H and O–H groups in total. The van der Waals surface area contributed by atoms with Crippen molar-refractivity contribution < 1.29 is 19.9 Å². The van der Waals surface area contributed by atoms with E-state index in [1.54, 1.807) is 0 Å². The fourth-order valence-electron chi connectivity index (χ4n) is 1.55. The third-order valence-corrected chi connectivity index (χ3v) is 3.21. The quantitative estimate of drug-likeness (QED) is 0.367. The van der Waals surface area contributed by atoms with Gasteiger partial charge in [-0.3, -0.25) is 30.3 Å². The molecule has 140 valence electrons. The maximum atomic E-state index is 11.1. The van der Waals surface area contributed by atoms with E-state index in [4.69, 9.17) is 23.2 Å². The van der Waals surface area contributed by atoms with Crippen molar-refractivity contribution in [2.75, 3.05) is 31.9 Å². The van der Waals surface area contributed by atoms with E-state index < -0.39 is 37.6 Å². The van der Waals surface area contributed by atoms with Gasteiger partial charge in [0, 0.05) is 18.3 Å². The van der Waals surface area contributed by atoms with Gasteiger partial charge >= 0.3 is 0 Å². The van der Waals surface area contributed by atoms with Gasteiger partial charge in [0.1, 0.15) is 0 Å². The monoisotopic (exact) mass is 397 g/mol. The molecule has 0 unspecified atom stereocenters. The van der Waals surface area contributed by atoms with E-state index in [-0.39, 0.29) is 0 Å². The zero-order valence-electron chi connectivity index (χ0n) is 13.1. The van der Waals surface area contributed by atoms with Crippen molar-refractivity contribution in [3.05, 3.63) is 42.5 Å². The Balaban J connectivity index is 0.000000547. The van der Waals surface area contributed by atoms with Gasteiger partial charge in [0.05, 0.1) is 32.7 Å². The van der Waals surface area contributed by atoms with Crippen LogP contribution in [0.2, 0.25) is 0 Å². The number of halogens is 2. The summed E-state index contributed by atoms with van der Waals surface area (Å²) in [6.45, 7) is 2.01. The van der Waals surface area contributed by atoms with Crippen molar-refractivity contribution in [1.29, 1.82) is 0 Å². The fraction of sp³-hybridized carbons (Fsp3) is 0.500. The second kappa shape index (κ2) is 11.3. The normalized spacial score (nSPS) is 10.1. The maximum Gasteiger partial charge on any atom is 0.283 e. The summed E-state index contributed by atoms with van der Waals surface area (Å²) < 4.78 is 0. The fourth-order valence-corrected chi connectivity index (χ4v) is 1.95. The highest BCUT2D eigenvalue weighted by molar-refractivity contribution is 6.18. The molecule has 0 aliphatic heterocycles. The van der Waals surface area contributed by atoms with Crippen molar-refractivity contribution in [2.45, 2.75) is 6.42 Å². The standard InChI is InChI=1S/C6H13Cl2N.C6H3N3O7/c1-9(6-4-8)5-2-3-7;10-6-4(8(13)14)1-3(7(11)12)2-5(6)9(15)16/h2-6H2,1H3;1-2,10H/p-1. The minimum atomic E-state index is -1.46. The highest BCUT2D eigenvalue weighted by Crippen LogP contribution is 2.36. The molecule has 0 radical (unpaired) electrons. The summed E-state index contributed by atoms with van der Waals surface area (Å²) >= 11 is 11.0. The first-order chi connectivity index (χ1) is 11.6. The van der Waals surface area contributed by atoms with E-state index >= 15 is 0 Å². The van der Waals surface area contributed by atoms with E-state index in [1.165, 1.54) is 0 Å². The lowest BCUT2D eigenvalue weighted by atomic mass is 10.2. The Morgan fingerprint density at radius 3 is 1.72 bits per heavy atom. The summed E-state index contributed by atoms with van der Waals surface area (Å²) in [4.78, 5) is 29.7. The summed E-state index contributed by atoms with van der Waals surface area (Å²) in [5.41, 5.74) is -3.26. The molecule has 0 amide bonds. The minimum absolute atomic E-state index is 0.384. The van der Waals surface area contributed by atoms with Gasteiger partial charge in [-0.15, -0.1) is 23.2 Å². The third-order valence-electron chi connectivity index (χ3n) is 2.78. The predicted octanol–water partition coefficient (Wildman–Crippen LogP) is 2.27. The lowest BCUT2D eigenvalue weighted by Gasteiger charge is -2.12. The van der Waals surface area contributed by atoms with Crippen LogP contribution in [0.3, 0.4) is 0 Å². The number of rotatable bonds is 8. The topological polar surface area (TPSA) is 156 Å². The summed E-state index contributed by atoms with van der Waals surface area (Å²) in [6, 6.07) is 0.769. The third kappa shape index (κ3) is 7.92. The molecule has 0 heterocycles. The molecule has 25 heavy (non-hydrogen) atoms. The SMILES string of the molecule is CN(CCCl)CCCCl.O=[N+]([O-])c1cc([N+](=O)[O-])c([O-])c([N+](=O)[O-])c1. The largest absolute Gasteiger partial charge is 0.863 e. The van der Waals surface area contributed by atoms with Gasteiger partial charge in [-0.1, -0.05) is 0 Å². The number of hydrogen-bond donors (Lipinski definition) is 0. The molecule has 0 saturated carbocycles. The van der Waals surface area contributed by atoms with Crippen LogP contribution in [0.15, 0.2) is 12.1 Å². The Bertz CT molecular complexity index is 594. The van der Waals surface area contributed by atoms with E-state index in [0.717, 1.165) is 25.4 Å². The van der Waals surface area contributed by atoms with Gasteiger partial charge in [0.25, 0.3) is 17.1 Å². The van der Waals surface area contributed by atoms with Crippen LogP contribution in [-0.2, 0) is 0 Å². The van der Waals surface area contributed by atoms with Crippen LogP contribution >= 0.6 is 23.2 Å². The van der Waals surface area contributed by atoms with Gasteiger partial charge < -0.3 is 10.0 Å². The van der Waals surface area contributed by atoms with Gasteiger partial charge in [-0.2, -0.15) is 0 Å². The Hall–Kier alpha value is -2.24. The van der Waals surface area contributed by atoms with Crippen LogP contribution in [-0.4, -0.2) is 51.6 Å². The highest BCUT2D eigenvalue weighted by Gasteiger charge is 2.24. The van der Waals surface area contributed by atoms with Gasteiger partial charge in [0.2, 0.25) is 0 Å². The minimum Gasteiger partial charge on any atom is -0.863 e. The number of non-ortho nitro benzene ring substituents is 1. The van der Waals surface area contributed by atoms with Crippen molar-refractivity contribution in [3.63, 3.8) is 0 Å². The molecular weight excluding hydrogens is 383 g/mol. The molecule has 0 aliphatic rings. The molecule has 11 nitrogen and oxygen atoms in total. The van der Waals surface area contributed by atoms with Crippen molar-refractivity contribution >= 4 is 40.3 Å². The first-order valence-corrected chi connectivity index (χ1v) is 7.81. The van der Waals surface area contributed by atoms with Crippen molar-refractivity contribution in [2.24, 2.45) is 0 Å². The lowest BCUT2D eigenvalue weighted by Crippen LogP contribution is -2.21. The van der Waals surface area contributed by atoms with Gasteiger partial charge in [-0.05, 0) is 20.0 Å². The Morgan fingerprint density at radius 2 is 1.40 bits per heavy atom. The number of alkyl halides is 2. The molecule has 0 fully saturated rings. The van der Waals surface area contributed by atoms with E-state index in [9.17, 15) is 35.4 Å². The zero-order chi connectivity index (χ0) is 19.6. The molecule has 13 heteroatoms. The lowest BCUT2D eigenvalue weighted by molar-refractivity contribution is -0.420. The second-order valence-corrected chi connectivity index (χ2v) is 5.38. The van der Waals surface area contributed by atoms with Crippen LogP contribution in [0.4, 0.5) is 17.1 Å². The van der Waals surface area contributed by atoms with Crippen LogP contribution < -0.4 is 5.11 Å². The first kappa shape index (κ1) is 22.8. The van der Waals surface area contributed by atoms with Crippen LogP contribution in [0, 0.1) is 30.3 Å². The summed E-state index contributed by atoms with van der Waals surface area (Å²) in [7, 11) is 2.05. The zero-order valence-corrected chi connectivity index (χ0v) is 14.6. The second-order valence-electron chi connectivity index (χ2n) is 4.62. The smallest absolute Gasteiger partial charge is 0.283 e. The average Bonchev–Trinajstić information content (AvgIpc) is 2.53. The number of nitro benzene ring substituents is 3. The van der Waals surface area contributed by atoms with Crippen molar-refractivity contribution in [1.82, 2.24) is 4.90 Å². The Labute approximate surface area is 152 Å². The number of benzene rings is 1. The molecular formula is C12H15Cl2N4O7-. The predicted molar refractivity (Wildman–Crippen MR) is 89.4 cm³/mol. The van der Waals surface area contributed by atoms with Crippen LogP contribution in [0.25, 0.3) is 0 Å². The summed E-state index contributed by atoms with van der Waals surface area (Å²) in [6.07, 6.45) is 1.05. The van der Waals surface area contributed by atoms with Gasteiger partial charge in [-0.25, -0.2) is 0 Å². The summed E-state index contributed by atoms with van der Waals surface area (Å²) in [5, 5.41) is 42.1. The van der Waals surface area contributed by atoms with E-state index in [0.29, 0.717) is 18.0 Å². The Kier molecular flexibility index (Phi) is 10.3. The molecule has 0 spiro atoms. The molecule has 0 saturated heterocycles. The molecule has 0 bridgehead atoms. The maximum absolute atomic E-state index is 11.1.